The van der Waals surface area contributed by atoms with Crippen molar-refractivity contribution >= 4 is 5.91 Å². The Bertz CT molecular complexity index is 375. The molecule has 0 spiro atoms. The fraction of sp³-hybridized carbons (Fsp3) is 0.938. The number of aliphatic hydroxyl groups is 4. The van der Waals surface area contributed by atoms with E-state index in [0.717, 1.165) is 38.5 Å². The summed E-state index contributed by atoms with van der Waals surface area (Å²) in [4.78, 5) is 13.7. The van der Waals surface area contributed by atoms with Gasteiger partial charge in [0, 0.05) is 19.0 Å². The number of nitrogens with one attached hydrogen (secondary N) is 1. The summed E-state index contributed by atoms with van der Waals surface area (Å²) in [6, 6.07) is -0.554. The number of hydrogen-bond acceptors (Lipinski definition) is 6. The number of carbonyl (C=O) groups excluding carboxylic acids is 1. The zero-order chi connectivity index (χ0) is 16.8. The van der Waals surface area contributed by atoms with Crippen molar-refractivity contribution in [3.8, 4) is 0 Å². The predicted octanol–water partition coefficient (Wildman–Crippen LogP) is -1.17. The van der Waals surface area contributed by atoms with Gasteiger partial charge in [0.25, 0.3) is 0 Å². The molecule has 1 aliphatic carbocycles. The molecule has 2 aliphatic rings. The molecule has 5 N–H and O–H groups in total. The Balaban J connectivity index is 1.65. The highest BCUT2D eigenvalue weighted by Crippen LogP contribution is 2.24. The zero-order valence-corrected chi connectivity index (χ0v) is 13.6. The SMILES string of the molecule is O=C(NCCCCN1C[C@H](O)[C@@H](O)[C@H](O)[C@H]1CO)C1CCCC1. The van der Waals surface area contributed by atoms with E-state index in [2.05, 4.69) is 5.32 Å². The lowest BCUT2D eigenvalue weighted by Crippen LogP contribution is -2.62. The van der Waals surface area contributed by atoms with Crippen LogP contribution in [0.15, 0.2) is 0 Å². The van der Waals surface area contributed by atoms with Gasteiger partial charge in [-0.2, -0.15) is 0 Å². The van der Waals surface area contributed by atoms with Crippen LogP contribution >= 0.6 is 0 Å². The van der Waals surface area contributed by atoms with E-state index in [9.17, 15) is 25.2 Å². The Hall–Kier alpha value is -0.730. The third-order valence-corrected chi connectivity index (χ3v) is 5.11. The maximum absolute atomic E-state index is 11.9. The highest BCUT2D eigenvalue weighted by Gasteiger charge is 2.40. The molecule has 7 nitrogen and oxygen atoms in total. The van der Waals surface area contributed by atoms with Crippen LogP contribution in [-0.2, 0) is 4.79 Å². The summed E-state index contributed by atoms with van der Waals surface area (Å²) < 4.78 is 0. The Morgan fingerprint density at radius 2 is 1.78 bits per heavy atom. The summed E-state index contributed by atoms with van der Waals surface area (Å²) in [5.74, 6) is 0.338. The Morgan fingerprint density at radius 1 is 1.09 bits per heavy atom. The van der Waals surface area contributed by atoms with Crippen LogP contribution in [0, 0.1) is 5.92 Å². The number of unbranched alkanes of at least 4 members (excludes halogenated alkanes) is 1. The van der Waals surface area contributed by atoms with Gasteiger partial charge < -0.3 is 25.7 Å². The predicted molar refractivity (Wildman–Crippen MR) is 84.7 cm³/mol. The minimum Gasteiger partial charge on any atom is -0.395 e. The second-order valence-corrected chi connectivity index (χ2v) is 6.77. The van der Waals surface area contributed by atoms with Crippen molar-refractivity contribution in [3.05, 3.63) is 0 Å². The van der Waals surface area contributed by atoms with Crippen molar-refractivity contribution in [1.29, 1.82) is 0 Å². The van der Waals surface area contributed by atoms with Gasteiger partial charge in [-0.3, -0.25) is 9.69 Å². The molecule has 0 aromatic heterocycles. The fourth-order valence-corrected chi connectivity index (χ4v) is 3.62. The quantitative estimate of drug-likeness (QED) is 0.376. The van der Waals surface area contributed by atoms with Crippen LogP contribution in [0.25, 0.3) is 0 Å². The molecule has 2 fully saturated rings. The largest absolute Gasteiger partial charge is 0.395 e. The van der Waals surface area contributed by atoms with Crippen LogP contribution in [0.1, 0.15) is 38.5 Å². The van der Waals surface area contributed by atoms with Gasteiger partial charge in [0.2, 0.25) is 5.91 Å². The topological polar surface area (TPSA) is 113 Å². The monoisotopic (exact) mass is 330 g/mol. The average molecular weight is 330 g/mol. The van der Waals surface area contributed by atoms with Crippen LogP contribution in [0.4, 0.5) is 0 Å². The van der Waals surface area contributed by atoms with E-state index in [0.29, 0.717) is 13.1 Å². The summed E-state index contributed by atoms with van der Waals surface area (Å²) in [7, 11) is 0. The first-order valence-electron chi connectivity index (χ1n) is 8.71. The molecular formula is C16H30N2O5. The van der Waals surface area contributed by atoms with Crippen LogP contribution in [0.3, 0.4) is 0 Å². The second kappa shape index (κ2) is 8.94. The van der Waals surface area contributed by atoms with E-state index >= 15 is 0 Å². The molecule has 7 heteroatoms. The minimum atomic E-state index is -1.21. The first-order chi connectivity index (χ1) is 11.0. The number of piperidine rings is 1. The molecule has 2 rings (SSSR count). The molecule has 4 atom stereocenters. The van der Waals surface area contributed by atoms with Crippen molar-refractivity contribution in [2.75, 3.05) is 26.2 Å². The molecule has 0 radical (unpaired) electrons. The number of rotatable bonds is 7. The normalized spacial score (nSPS) is 33.0. The maximum Gasteiger partial charge on any atom is 0.223 e. The van der Waals surface area contributed by atoms with E-state index in [-0.39, 0.29) is 25.0 Å². The molecule has 1 saturated heterocycles. The molecular weight excluding hydrogens is 300 g/mol. The van der Waals surface area contributed by atoms with Crippen LogP contribution in [0.2, 0.25) is 0 Å². The first-order valence-corrected chi connectivity index (χ1v) is 8.71. The molecule has 1 saturated carbocycles. The molecule has 0 aromatic rings. The second-order valence-electron chi connectivity index (χ2n) is 6.77. The van der Waals surface area contributed by atoms with E-state index in [1.165, 1.54) is 0 Å². The summed E-state index contributed by atoms with van der Waals surface area (Å²) in [6.45, 7) is 1.20. The Kier molecular flexibility index (Phi) is 7.23. The third-order valence-electron chi connectivity index (χ3n) is 5.11. The molecule has 134 valence electrons. The van der Waals surface area contributed by atoms with E-state index < -0.39 is 24.4 Å². The van der Waals surface area contributed by atoms with E-state index in [1.54, 1.807) is 4.90 Å². The molecule has 0 bridgehead atoms. The first kappa shape index (κ1) is 18.6. The number of likely N-dealkylation sites (tertiary alicyclic amines) is 1. The van der Waals surface area contributed by atoms with Gasteiger partial charge in [-0.25, -0.2) is 0 Å². The van der Waals surface area contributed by atoms with Crippen molar-refractivity contribution in [1.82, 2.24) is 10.2 Å². The number of hydrogen-bond donors (Lipinski definition) is 5. The zero-order valence-electron chi connectivity index (χ0n) is 13.6. The van der Waals surface area contributed by atoms with Crippen LogP contribution in [0.5, 0.6) is 0 Å². The van der Waals surface area contributed by atoms with E-state index in [1.807, 2.05) is 0 Å². The van der Waals surface area contributed by atoms with Gasteiger partial charge >= 0.3 is 0 Å². The third kappa shape index (κ3) is 4.87. The average Bonchev–Trinajstić information content (AvgIpc) is 3.07. The smallest absolute Gasteiger partial charge is 0.223 e. The highest BCUT2D eigenvalue weighted by molar-refractivity contribution is 5.78. The lowest BCUT2D eigenvalue weighted by atomic mass is 9.94. The molecule has 1 heterocycles. The van der Waals surface area contributed by atoms with Gasteiger partial charge in [0.1, 0.15) is 12.2 Å². The van der Waals surface area contributed by atoms with Gasteiger partial charge in [0.05, 0.1) is 18.8 Å². The number of carbonyl (C=O) groups is 1. The molecule has 1 aliphatic heterocycles. The molecule has 0 unspecified atom stereocenters. The fourth-order valence-electron chi connectivity index (χ4n) is 3.62. The summed E-state index contributed by atoms with van der Waals surface area (Å²) in [6.07, 6.45) is 2.51. The van der Waals surface area contributed by atoms with Gasteiger partial charge in [-0.05, 0) is 32.2 Å². The van der Waals surface area contributed by atoms with Crippen molar-refractivity contribution in [2.24, 2.45) is 5.92 Å². The maximum atomic E-state index is 11.9. The van der Waals surface area contributed by atoms with Gasteiger partial charge in [-0.15, -0.1) is 0 Å². The summed E-state index contributed by atoms with van der Waals surface area (Å²) >= 11 is 0. The lowest BCUT2D eigenvalue weighted by molar-refractivity contribution is -0.145. The van der Waals surface area contributed by atoms with Crippen molar-refractivity contribution in [3.63, 3.8) is 0 Å². The highest BCUT2D eigenvalue weighted by atomic mass is 16.4. The standard InChI is InChI=1S/C16H30N2O5/c19-10-12-14(21)15(22)13(20)9-18(12)8-4-3-7-17-16(23)11-5-1-2-6-11/h11-15,19-22H,1-10H2,(H,17,23)/t12-,13+,14-,15-/m1/s1. The van der Waals surface area contributed by atoms with Crippen molar-refractivity contribution < 1.29 is 25.2 Å². The van der Waals surface area contributed by atoms with Crippen molar-refractivity contribution in [2.45, 2.75) is 62.9 Å². The van der Waals surface area contributed by atoms with Gasteiger partial charge in [-0.1, -0.05) is 12.8 Å². The number of β-amino-alcohol motifs (C(OH)–C–C–N with tert-alkyl or cyclic N) is 1. The summed E-state index contributed by atoms with van der Waals surface area (Å²) in [5, 5.41) is 41.6. The lowest BCUT2D eigenvalue weighted by Gasteiger charge is -2.43. The molecule has 23 heavy (non-hydrogen) atoms. The molecule has 1 amide bonds. The Labute approximate surface area is 137 Å². The summed E-state index contributed by atoms with van der Waals surface area (Å²) in [5.41, 5.74) is 0. The number of nitrogens with zero attached hydrogens (tertiary/aromatic N) is 1. The minimum absolute atomic E-state index is 0.155. The Morgan fingerprint density at radius 3 is 2.43 bits per heavy atom. The molecule has 0 aromatic carbocycles. The van der Waals surface area contributed by atoms with E-state index in [4.69, 9.17) is 0 Å². The van der Waals surface area contributed by atoms with Crippen LogP contribution in [-0.4, -0.2) is 81.8 Å². The van der Waals surface area contributed by atoms with Gasteiger partial charge in [0.15, 0.2) is 0 Å². The number of amides is 1. The number of aliphatic hydroxyl groups excluding tert-OH is 4. The van der Waals surface area contributed by atoms with Crippen LogP contribution < -0.4 is 5.32 Å².